The zero-order chi connectivity index (χ0) is 22.9. The standard InChI is InChI=1S/C25H24N4O4/c1-16-5-2-3-7-21(16)33-15-22(30)28-10-8-19-18(13-28)11-27-24(31)23(19)25(32)29-12-17-6-4-9-26-20(17)14-29/h2-7,9,11H,8,10,12-15H2,1H3,(H,27,31). The summed E-state index contributed by atoms with van der Waals surface area (Å²) in [5, 5.41) is 0. The second-order valence-corrected chi connectivity index (χ2v) is 8.39. The monoisotopic (exact) mass is 444 g/mol. The molecule has 2 amide bonds. The highest BCUT2D eigenvalue weighted by Gasteiger charge is 2.31. The maximum absolute atomic E-state index is 13.3. The van der Waals surface area contributed by atoms with Gasteiger partial charge in [-0.2, -0.15) is 0 Å². The van der Waals surface area contributed by atoms with Crippen LogP contribution in [0.5, 0.6) is 5.75 Å². The van der Waals surface area contributed by atoms with E-state index >= 15 is 0 Å². The highest BCUT2D eigenvalue weighted by Crippen LogP contribution is 2.26. The van der Waals surface area contributed by atoms with E-state index in [0.717, 1.165) is 27.9 Å². The quantitative estimate of drug-likeness (QED) is 0.666. The van der Waals surface area contributed by atoms with Gasteiger partial charge in [-0.15, -0.1) is 0 Å². The minimum atomic E-state index is -0.398. The Labute approximate surface area is 190 Å². The smallest absolute Gasteiger partial charge is 0.261 e. The van der Waals surface area contributed by atoms with E-state index in [9.17, 15) is 14.4 Å². The third-order valence-electron chi connectivity index (χ3n) is 6.27. The topological polar surface area (TPSA) is 95.6 Å². The number of nitrogens with one attached hydrogen (secondary N) is 1. The van der Waals surface area contributed by atoms with Gasteiger partial charge in [0.15, 0.2) is 6.61 Å². The van der Waals surface area contributed by atoms with E-state index in [2.05, 4.69) is 9.97 Å². The summed E-state index contributed by atoms with van der Waals surface area (Å²) >= 11 is 0. The third kappa shape index (κ3) is 4.00. The molecule has 0 saturated heterocycles. The Kier molecular flexibility index (Phi) is 5.42. The van der Waals surface area contributed by atoms with Crippen LogP contribution in [0.15, 0.2) is 53.6 Å². The maximum atomic E-state index is 13.3. The molecule has 2 aromatic heterocycles. The fraction of sp³-hybridized carbons (Fsp3) is 0.280. The fourth-order valence-corrected chi connectivity index (χ4v) is 4.46. The Morgan fingerprint density at radius 3 is 2.70 bits per heavy atom. The van der Waals surface area contributed by atoms with Crippen molar-refractivity contribution in [3.8, 4) is 5.75 Å². The van der Waals surface area contributed by atoms with Crippen molar-refractivity contribution >= 4 is 11.8 Å². The van der Waals surface area contributed by atoms with Crippen molar-refractivity contribution in [2.45, 2.75) is 33.0 Å². The number of carbonyl (C=O) groups is 2. The Bertz CT molecular complexity index is 1270. The van der Waals surface area contributed by atoms with Crippen molar-refractivity contribution in [2.75, 3.05) is 13.2 Å². The van der Waals surface area contributed by atoms with Crippen molar-refractivity contribution in [3.05, 3.63) is 92.7 Å². The number of pyridine rings is 2. The van der Waals surface area contributed by atoms with Crippen LogP contribution in [0.1, 0.15) is 38.3 Å². The number of H-pyrrole nitrogens is 1. The first kappa shape index (κ1) is 20.9. The first-order chi connectivity index (χ1) is 16.0. The van der Waals surface area contributed by atoms with E-state index in [-0.39, 0.29) is 24.0 Å². The maximum Gasteiger partial charge on any atom is 0.261 e. The Morgan fingerprint density at radius 2 is 1.88 bits per heavy atom. The summed E-state index contributed by atoms with van der Waals surface area (Å²) in [6.45, 7) is 3.44. The lowest BCUT2D eigenvalue weighted by Gasteiger charge is -2.30. The van der Waals surface area contributed by atoms with Gasteiger partial charge in [0.25, 0.3) is 17.4 Å². The molecule has 1 aromatic carbocycles. The van der Waals surface area contributed by atoms with E-state index < -0.39 is 5.56 Å². The SMILES string of the molecule is Cc1ccccc1OCC(=O)N1CCc2c(c[nH]c(=O)c2C(=O)N2Cc3cccnc3C2)C1. The van der Waals surface area contributed by atoms with Crippen LogP contribution in [0, 0.1) is 6.92 Å². The third-order valence-corrected chi connectivity index (χ3v) is 6.27. The van der Waals surface area contributed by atoms with Gasteiger partial charge in [0.2, 0.25) is 0 Å². The van der Waals surface area contributed by atoms with Gasteiger partial charge in [-0.3, -0.25) is 19.4 Å². The molecule has 1 N–H and O–H groups in total. The Balaban J connectivity index is 1.31. The number of amides is 2. The number of hydrogen-bond donors (Lipinski definition) is 1. The van der Waals surface area contributed by atoms with Gasteiger partial charge in [0, 0.05) is 32.0 Å². The number of aromatic nitrogens is 2. The summed E-state index contributed by atoms with van der Waals surface area (Å²) < 4.78 is 5.70. The normalized spacial score (nSPS) is 14.6. The van der Waals surface area contributed by atoms with E-state index in [0.29, 0.717) is 38.3 Å². The highest BCUT2D eigenvalue weighted by atomic mass is 16.5. The van der Waals surface area contributed by atoms with Crippen LogP contribution in [0.2, 0.25) is 0 Å². The molecule has 33 heavy (non-hydrogen) atoms. The average Bonchev–Trinajstić information content (AvgIpc) is 3.27. The molecule has 0 fully saturated rings. The second kappa shape index (κ2) is 8.54. The van der Waals surface area contributed by atoms with Gasteiger partial charge >= 0.3 is 0 Å². The molecule has 0 radical (unpaired) electrons. The van der Waals surface area contributed by atoms with Crippen molar-refractivity contribution in [1.82, 2.24) is 19.8 Å². The van der Waals surface area contributed by atoms with Crippen molar-refractivity contribution in [1.29, 1.82) is 0 Å². The first-order valence-electron chi connectivity index (χ1n) is 10.9. The molecule has 8 heteroatoms. The van der Waals surface area contributed by atoms with E-state index in [1.54, 1.807) is 22.2 Å². The molecule has 2 aliphatic rings. The first-order valence-corrected chi connectivity index (χ1v) is 10.9. The van der Waals surface area contributed by atoms with Gasteiger partial charge in [-0.05, 0) is 47.7 Å². The minimum absolute atomic E-state index is 0.0611. The predicted octanol–water partition coefficient (Wildman–Crippen LogP) is 2.20. The molecule has 8 nitrogen and oxygen atoms in total. The number of aromatic amines is 1. The molecule has 168 valence electrons. The molecule has 0 aliphatic carbocycles. The van der Waals surface area contributed by atoms with Gasteiger partial charge in [-0.1, -0.05) is 24.3 Å². The molecule has 4 heterocycles. The number of nitrogens with zero attached hydrogens (tertiary/aromatic N) is 3. The zero-order valence-corrected chi connectivity index (χ0v) is 18.3. The number of carbonyl (C=O) groups excluding carboxylic acids is 2. The summed E-state index contributed by atoms with van der Waals surface area (Å²) in [4.78, 5) is 49.1. The molecule has 0 saturated carbocycles. The largest absolute Gasteiger partial charge is 0.484 e. The molecule has 0 bridgehead atoms. The van der Waals surface area contributed by atoms with Gasteiger partial charge in [-0.25, -0.2) is 0 Å². The average molecular weight is 444 g/mol. The van der Waals surface area contributed by atoms with Crippen LogP contribution in [0.4, 0.5) is 0 Å². The number of fused-ring (bicyclic) bond motifs is 2. The zero-order valence-electron chi connectivity index (χ0n) is 18.3. The highest BCUT2D eigenvalue weighted by molar-refractivity contribution is 5.96. The Hall–Kier alpha value is -3.94. The van der Waals surface area contributed by atoms with Gasteiger partial charge < -0.3 is 19.5 Å². The summed E-state index contributed by atoms with van der Waals surface area (Å²) in [7, 11) is 0. The molecule has 0 spiro atoms. The molecule has 3 aromatic rings. The van der Waals surface area contributed by atoms with Crippen LogP contribution in [0.25, 0.3) is 0 Å². The van der Waals surface area contributed by atoms with Crippen LogP contribution < -0.4 is 10.3 Å². The number of ether oxygens (including phenoxy) is 1. The fourth-order valence-electron chi connectivity index (χ4n) is 4.46. The number of benzene rings is 1. The van der Waals surface area contributed by atoms with E-state index in [1.165, 1.54) is 0 Å². The molecule has 5 rings (SSSR count). The number of aryl methyl sites for hydroxylation is 1. The predicted molar refractivity (Wildman–Crippen MR) is 121 cm³/mol. The van der Waals surface area contributed by atoms with Crippen molar-refractivity contribution in [2.24, 2.45) is 0 Å². The van der Waals surface area contributed by atoms with Crippen LogP contribution >= 0.6 is 0 Å². The van der Waals surface area contributed by atoms with Gasteiger partial charge in [0.1, 0.15) is 11.3 Å². The van der Waals surface area contributed by atoms with Crippen LogP contribution in [0.3, 0.4) is 0 Å². The Morgan fingerprint density at radius 1 is 1.06 bits per heavy atom. The van der Waals surface area contributed by atoms with Crippen LogP contribution in [-0.2, 0) is 30.8 Å². The number of hydrogen-bond acceptors (Lipinski definition) is 5. The summed E-state index contributed by atoms with van der Waals surface area (Å²) in [6.07, 6.45) is 3.75. The van der Waals surface area contributed by atoms with Crippen molar-refractivity contribution < 1.29 is 14.3 Å². The lowest BCUT2D eigenvalue weighted by Crippen LogP contribution is -2.41. The lowest BCUT2D eigenvalue weighted by molar-refractivity contribution is -0.134. The molecule has 0 atom stereocenters. The summed E-state index contributed by atoms with van der Waals surface area (Å²) in [5.74, 6) is 0.249. The van der Waals surface area contributed by atoms with Crippen molar-refractivity contribution in [3.63, 3.8) is 0 Å². The van der Waals surface area contributed by atoms with E-state index in [4.69, 9.17) is 4.74 Å². The minimum Gasteiger partial charge on any atom is -0.484 e. The second-order valence-electron chi connectivity index (χ2n) is 8.39. The molecular formula is C25H24N4O4. The van der Waals surface area contributed by atoms with Gasteiger partial charge in [0.05, 0.1) is 12.2 Å². The number of rotatable bonds is 4. The summed E-state index contributed by atoms with van der Waals surface area (Å²) in [6, 6.07) is 11.3. The molecule has 0 unspecified atom stereocenters. The van der Waals surface area contributed by atoms with E-state index in [1.807, 2.05) is 43.3 Å². The molecule has 2 aliphatic heterocycles. The van der Waals surface area contributed by atoms with Crippen LogP contribution in [-0.4, -0.2) is 44.7 Å². The summed E-state index contributed by atoms with van der Waals surface area (Å²) in [5.41, 5.74) is 4.10. The molecular weight excluding hydrogens is 420 g/mol. The lowest BCUT2D eigenvalue weighted by atomic mass is 9.96. The number of para-hydroxylation sites is 1.